The van der Waals surface area contributed by atoms with Gasteiger partial charge >= 0.3 is 0 Å². The van der Waals surface area contributed by atoms with Gasteiger partial charge in [0.1, 0.15) is 12.4 Å². The number of allylic oxidation sites excluding steroid dienone is 1. The van der Waals surface area contributed by atoms with Crippen LogP contribution in [0.1, 0.15) is 71.8 Å². The Bertz CT molecular complexity index is 1040. The Kier molecular flexibility index (Phi) is 10.9. The highest BCUT2D eigenvalue weighted by molar-refractivity contribution is 5.82. The van der Waals surface area contributed by atoms with E-state index in [0.29, 0.717) is 24.5 Å². The molecule has 0 aliphatic carbocycles. The molecule has 1 atom stereocenters. The maximum Gasteiger partial charge on any atom is 0.239 e. The van der Waals surface area contributed by atoms with Gasteiger partial charge < -0.3 is 14.5 Å². The van der Waals surface area contributed by atoms with Gasteiger partial charge in [-0.15, -0.1) is 0 Å². The lowest BCUT2D eigenvalue weighted by Gasteiger charge is -2.43. The summed E-state index contributed by atoms with van der Waals surface area (Å²) in [7, 11) is 0. The first-order chi connectivity index (χ1) is 18.9. The van der Waals surface area contributed by atoms with E-state index >= 15 is 0 Å². The van der Waals surface area contributed by atoms with E-state index in [9.17, 15) is 4.79 Å². The second-order valence-corrected chi connectivity index (χ2v) is 12.0. The average Bonchev–Trinajstić information content (AvgIpc) is 2.96. The number of ether oxygens (including phenoxy) is 1. The SMILES string of the molecule is CC(C)=CCN(c1ccc(OCc2ccccc2)cc1)C1CCN(C(=O)C2CCCCN2CCC(C)C)CC1. The van der Waals surface area contributed by atoms with E-state index < -0.39 is 0 Å². The molecule has 0 saturated carbocycles. The number of rotatable bonds is 11. The summed E-state index contributed by atoms with van der Waals surface area (Å²) in [6.07, 6.45) is 8.90. The zero-order valence-electron chi connectivity index (χ0n) is 24.6. The van der Waals surface area contributed by atoms with E-state index in [-0.39, 0.29) is 6.04 Å². The summed E-state index contributed by atoms with van der Waals surface area (Å²) >= 11 is 0. The maximum atomic E-state index is 13.6. The van der Waals surface area contributed by atoms with Crippen molar-refractivity contribution in [2.75, 3.05) is 37.6 Å². The van der Waals surface area contributed by atoms with Crippen molar-refractivity contribution in [2.45, 2.75) is 84.9 Å². The molecule has 0 spiro atoms. The number of amides is 1. The number of piperidine rings is 2. The monoisotopic (exact) mass is 531 g/mol. The van der Waals surface area contributed by atoms with Crippen molar-refractivity contribution in [1.29, 1.82) is 0 Å². The van der Waals surface area contributed by atoms with Crippen LogP contribution in [0.5, 0.6) is 5.75 Å². The molecule has 4 rings (SSSR count). The number of likely N-dealkylation sites (tertiary alicyclic amines) is 2. The summed E-state index contributed by atoms with van der Waals surface area (Å²) in [4.78, 5) is 20.8. The molecule has 0 aromatic heterocycles. The zero-order valence-corrected chi connectivity index (χ0v) is 24.6. The smallest absolute Gasteiger partial charge is 0.239 e. The lowest BCUT2D eigenvalue weighted by Crippen LogP contribution is -2.54. The number of carbonyl (C=O) groups excluding carboxylic acids is 1. The Morgan fingerprint density at radius 2 is 1.69 bits per heavy atom. The molecule has 2 fully saturated rings. The molecule has 5 heteroatoms. The van der Waals surface area contributed by atoms with Crippen LogP contribution < -0.4 is 9.64 Å². The lowest BCUT2D eigenvalue weighted by atomic mass is 9.97. The van der Waals surface area contributed by atoms with Crippen molar-refractivity contribution in [1.82, 2.24) is 9.80 Å². The average molecular weight is 532 g/mol. The normalized spacial score (nSPS) is 18.7. The molecule has 2 aromatic carbocycles. The van der Waals surface area contributed by atoms with Crippen LogP contribution in [-0.4, -0.2) is 60.5 Å². The fourth-order valence-electron chi connectivity index (χ4n) is 5.79. The van der Waals surface area contributed by atoms with Crippen molar-refractivity contribution >= 4 is 11.6 Å². The van der Waals surface area contributed by atoms with Gasteiger partial charge in [0.2, 0.25) is 5.91 Å². The minimum Gasteiger partial charge on any atom is -0.489 e. The molecule has 1 amide bonds. The van der Waals surface area contributed by atoms with Gasteiger partial charge in [-0.05, 0) is 94.8 Å². The number of benzene rings is 2. The second kappa shape index (κ2) is 14.6. The van der Waals surface area contributed by atoms with Gasteiger partial charge in [-0.25, -0.2) is 0 Å². The minimum absolute atomic E-state index is 0.0826. The topological polar surface area (TPSA) is 36.0 Å². The van der Waals surface area contributed by atoms with Gasteiger partial charge in [-0.2, -0.15) is 0 Å². The first-order valence-electron chi connectivity index (χ1n) is 15.1. The van der Waals surface area contributed by atoms with Crippen LogP contribution in [-0.2, 0) is 11.4 Å². The first-order valence-corrected chi connectivity index (χ1v) is 15.1. The fraction of sp³-hybridized carbons (Fsp3) is 0.559. The third-order valence-corrected chi connectivity index (χ3v) is 8.22. The maximum absolute atomic E-state index is 13.6. The molecular formula is C34H49N3O2. The summed E-state index contributed by atoms with van der Waals surface area (Å²) in [5.74, 6) is 1.93. The van der Waals surface area contributed by atoms with E-state index in [4.69, 9.17) is 4.74 Å². The van der Waals surface area contributed by atoms with Gasteiger partial charge in [0.05, 0.1) is 6.04 Å². The van der Waals surface area contributed by atoms with Crippen molar-refractivity contribution in [3.8, 4) is 5.75 Å². The van der Waals surface area contributed by atoms with Crippen LogP contribution in [0.3, 0.4) is 0 Å². The van der Waals surface area contributed by atoms with Gasteiger partial charge in [0.15, 0.2) is 0 Å². The number of nitrogens with zero attached hydrogens (tertiary/aromatic N) is 3. The number of hydrogen-bond donors (Lipinski definition) is 0. The predicted octanol–water partition coefficient (Wildman–Crippen LogP) is 6.93. The molecule has 2 aromatic rings. The third-order valence-electron chi connectivity index (χ3n) is 8.22. The Labute approximate surface area is 236 Å². The molecular weight excluding hydrogens is 482 g/mol. The number of anilines is 1. The van der Waals surface area contributed by atoms with Gasteiger partial charge in [-0.3, -0.25) is 9.69 Å². The molecule has 212 valence electrons. The fourth-order valence-corrected chi connectivity index (χ4v) is 5.79. The highest BCUT2D eigenvalue weighted by atomic mass is 16.5. The number of carbonyl (C=O) groups is 1. The minimum atomic E-state index is 0.0826. The molecule has 2 aliphatic rings. The van der Waals surface area contributed by atoms with Gasteiger partial charge in [-0.1, -0.05) is 62.2 Å². The molecule has 0 N–H and O–H groups in total. The van der Waals surface area contributed by atoms with E-state index in [1.807, 2.05) is 18.2 Å². The van der Waals surface area contributed by atoms with Crippen LogP contribution in [0.2, 0.25) is 0 Å². The van der Waals surface area contributed by atoms with Crippen molar-refractivity contribution in [3.05, 3.63) is 71.8 Å². The predicted molar refractivity (Wildman–Crippen MR) is 162 cm³/mol. The van der Waals surface area contributed by atoms with E-state index in [0.717, 1.165) is 57.7 Å². The van der Waals surface area contributed by atoms with Crippen molar-refractivity contribution < 1.29 is 9.53 Å². The van der Waals surface area contributed by atoms with E-state index in [2.05, 4.69) is 84.9 Å². The standard InChI is InChI=1S/C34H49N3O2/c1-27(2)17-22-35-21-9-8-12-33(35)34(38)36-23-19-31(20-24-36)37(25-18-28(3)4)30-13-15-32(16-14-30)39-26-29-10-6-5-7-11-29/h5-7,10-11,13-16,18,27,31,33H,8-9,12,17,19-26H2,1-4H3. The van der Waals surface area contributed by atoms with Crippen LogP contribution in [0.25, 0.3) is 0 Å². The lowest BCUT2D eigenvalue weighted by molar-refractivity contribution is -0.139. The highest BCUT2D eigenvalue weighted by Crippen LogP contribution is 2.28. The quantitative estimate of drug-likeness (QED) is 0.295. The van der Waals surface area contributed by atoms with Crippen LogP contribution in [0, 0.1) is 5.92 Å². The highest BCUT2D eigenvalue weighted by Gasteiger charge is 2.34. The summed E-state index contributed by atoms with van der Waals surface area (Å²) in [6, 6.07) is 19.3. The van der Waals surface area contributed by atoms with E-state index in [1.165, 1.54) is 36.1 Å². The molecule has 5 nitrogen and oxygen atoms in total. The molecule has 0 bridgehead atoms. The van der Waals surface area contributed by atoms with Gasteiger partial charge in [0.25, 0.3) is 0 Å². The third kappa shape index (κ3) is 8.60. The molecule has 0 radical (unpaired) electrons. The summed E-state index contributed by atoms with van der Waals surface area (Å²) in [6.45, 7) is 14.2. The summed E-state index contributed by atoms with van der Waals surface area (Å²) < 4.78 is 6.03. The molecule has 2 saturated heterocycles. The van der Waals surface area contributed by atoms with Crippen LogP contribution in [0.4, 0.5) is 5.69 Å². The van der Waals surface area contributed by atoms with Crippen molar-refractivity contribution in [2.24, 2.45) is 5.92 Å². The Hall–Kier alpha value is -2.79. The number of hydrogen-bond acceptors (Lipinski definition) is 4. The van der Waals surface area contributed by atoms with Crippen LogP contribution >= 0.6 is 0 Å². The largest absolute Gasteiger partial charge is 0.489 e. The van der Waals surface area contributed by atoms with Crippen molar-refractivity contribution in [3.63, 3.8) is 0 Å². The second-order valence-electron chi connectivity index (χ2n) is 12.0. The Morgan fingerprint density at radius 1 is 0.974 bits per heavy atom. The molecule has 1 unspecified atom stereocenters. The Balaban J connectivity index is 1.37. The van der Waals surface area contributed by atoms with Crippen LogP contribution in [0.15, 0.2) is 66.2 Å². The van der Waals surface area contributed by atoms with Gasteiger partial charge in [0, 0.05) is 31.4 Å². The van der Waals surface area contributed by atoms with E-state index in [1.54, 1.807) is 0 Å². The molecule has 2 heterocycles. The first kappa shape index (κ1) is 29.2. The zero-order chi connectivity index (χ0) is 27.6. The molecule has 2 aliphatic heterocycles. The molecule has 39 heavy (non-hydrogen) atoms. The summed E-state index contributed by atoms with van der Waals surface area (Å²) in [5.41, 5.74) is 3.72. The summed E-state index contributed by atoms with van der Waals surface area (Å²) in [5, 5.41) is 0. The Morgan fingerprint density at radius 3 is 2.36 bits per heavy atom.